The minimum Gasteiger partial charge on any atom is -0.362 e. The number of fused-ring (bicyclic) bond motifs is 1. The second-order valence-electron chi connectivity index (χ2n) is 4.49. The number of anilines is 2. The predicted octanol–water partition coefficient (Wildman–Crippen LogP) is 2.79. The largest absolute Gasteiger partial charge is 0.405 e. The van der Waals surface area contributed by atoms with E-state index in [2.05, 4.69) is 21.2 Å². The molecule has 1 aromatic rings. The third-order valence-corrected chi connectivity index (χ3v) is 3.72. The summed E-state index contributed by atoms with van der Waals surface area (Å²) in [7, 11) is 0. The van der Waals surface area contributed by atoms with Crippen molar-refractivity contribution in [1.82, 2.24) is 0 Å². The van der Waals surface area contributed by atoms with E-state index in [-0.39, 0.29) is 12.5 Å². The zero-order valence-corrected chi connectivity index (χ0v) is 12.2. The minimum absolute atomic E-state index is 0.191. The van der Waals surface area contributed by atoms with E-state index in [4.69, 9.17) is 5.73 Å². The lowest BCUT2D eigenvalue weighted by Crippen LogP contribution is -2.34. The number of amides is 1. The molecule has 0 bridgehead atoms. The van der Waals surface area contributed by atoms with Gasteiger partial charge in [-0.1, -0.05) is 0 Å². The molecule has 4 nitrogen and oxygen atoms in total. The summed E-state index contributed by atoms with van der Waals surface area (Å²) >= 11 is 3.24. The Morgan fingerprint density at radius 1 is 1.45 bits per heavy atom. The lowest BCUT2D eigenvalue weighted by Gasteiger charge is -2.26. The molecule has 110 valence electrons. The van der Waals surface area contributed by atoms with Gasteiger partial charge < -0.3 is 16.0 Å². The number of carbonyl (C=O) groups is 1. The smallest absolute Gasteiger partial charge is 0.362 e. The molecule has 2 rings (SSSR count). The van der Waals surface area contributed by atoms with Gasteiger partial charge in [0, 0.05) is 22.3 Å². The third kappa shape index (κ3) is 2.90. The van der Waals surface area contributed by atoms with Gasteiger partial charge in [-0.2, -0.15) is 13.2 Å². The Morgan fingerprint density at radius 2 is 2.10 bits per heavy atom. The average Bonchev–Trinajstić information content (AvgIpc) is 2.61. The summed E-state index contributed by atoms with van der Waals surface area (Å²) in [5, 5.41) is 2.56. The fraction of sp³-hybridized carbons (Fsp3) is 0.417. The molecule has 1 aromatic carbocycles. The first-order valence-corrected chi connectivity index (χ1v) is 6.74. The van der Waals surface area contributed by atoms with Gasteiger partial charge in [0.15, 0.2) is 0 Å². The Bertz CT molecular complexity index is 547. The number of carbonyl (C=O) groups excluding carboxylic acids is 1. The highest BCUT2D eigenvalue weighted by Gasteiger charge is 2.33. The first kappa shape index (κ1) is 15.1. The normalized spacial score (nSPS) is 17.9. The van der Waals surface area contributed by atoms with Crippen molar-refractivity contribution in [3.8, 4) is 0 Å². The van der Waals surface area contributed by atoms with Crippen molar-refractivity contribution < 1.29 is 18.0 Å². The second kappa shape index (κ2) is 5.25. The molecule has 0 saturated carbocycles. The number of nitrogens with one attached hydrogen (secondary N) is 1. The Labute approximate surface area is 122 Å². The van der Waals surface area contributed by atoms with Gasteiger partial charge in [0.05, 0.1) is 5.69 Å². The summed E-state index contributed by atoms with van der Waals surface area (Å²) in [6, 6.07) is 2.32. The van der Waals surface area contributed by atoms with Crippen molar-refractivity contribution in [3.63, 3.8) is 0 Å². The van der Waals surface area contributed by atoms with Crippen LogP contribution < -0.4 is 16.0 Å². The van der Waals surface area contributed by atoms with Crippen LogP contribution in [-0.4, -0.2) is 25.2 Å². The van der Waals surface area contributed by atoms with Gasteiger partial charge in [0.1, 0.15) is 12.6 Å². The van der Waals surface area contributed by atoms with Crippen LogP contribution >= 0.6 is 15.9 Å². The van der Waals surface area contributed by atoms with E-state index < -0.39 is 18.8 Å². The number of hydrogen-bond donors (Lipinski definition) is 2. The summed E-state index contributed by atoms with van der Waals surface area (Å²) in [6.45, 7) is 0.771. The maximum atomic E-state index is 12.6. The van der Waals surface area contributed by atoms with E-state index in [9.17, 15) is 18.0 Å². The molecule has 0 saturated heterocycles. The molecular weight excluding hydrogens is 339 g/mol. The van der Waals surface area contributed by atoms with E-state index in [1.807, 2.05) is 0 Å². The van der Waals surface area contributed by atoms with Crippen LogP contribution in [0.2, 0.25) is 0 Å². The topological polar surface area (TPSA) is 58.4 Å². The van der Waals surface area contributed by atoms with Gasteiger partial charge in [0.25, 0.3) is 0 Å². The van der Waals surface area contributed by atoms with Crippen LogP contribution in [0.4, 0.5) is 24.5 Å². The van der Waals surface area contributed by atoms with Gasteiger partial charge in [-0.25, -0.2) is 0 Å². The Kier molecular flexibility index (Phi) is 3.97. The van der Waals surface area contributed by atoms with Crippen LogP contribution in [0.5, 0.6) is 0 Å². The van der Waals surface area contributed by atoms with Crippen molar-refractivity contribution in [2.24, 2.45) is 5.73 Å². The summed E-state index contributed by atoms with van der Waals surface area (Å²) in [4.78, 5) is 12.7. The first-order chi connectivity index (χ1) is 9.23. The van der Waals surface area contributed by atoms with Gasteiger partial charge >= 0.3 is 6.18 Å². The maximum absolute atomic E-state index is 12.6. The molecule has 1 heterocycles. The molecule has 0 fully saturated rings. The molecule has 20 heavy (non-hydrogen) atoms. The standard InChI is InChI=1S/C12H13BrF3N3O/c1-2-19(5-12(14,15)16)9-4-8-6(3-7(9)13)10(17)11(20)18-8/h3-4,10H,2,5,17H2,1H3,(H,18,20). The van der Waals surface area contributed by atoms with Gasteiger partial charge in [0.2, 0.25) is 5.91 Å². The van der Waals surface area contributed by atoms with Crippen LogP contribution in [0.3, 0.4) is 0 Å². The lowest BCUT2D eigenvalue weighted by atomic mass is 10.1. The molecule has 1 atom stereocenters. The number of nitrogens with two attached hydrogens (primary N) is 1. The minimum atomic E-state index is -4.30. The number of benzene rings is 1. The Hall–Kier alpha value is -1.28. The van der Waals surface area contributed by atoms with E-state index in [1.54, 1.807) is 13.0 Å². The highest BCUT2D eigenvalue weighted by Crippen LogP contribution is 2.38. The van der Waals surface area contributed by atoms with Crippen LogP contribution in [-0.2, 0) is 4.79 Å². The fourth-order valence-corrected chi connectivity index (χ4v) is 2.73. The van der Waals surface area contributed by atoms with Crippen molar-refractivity contribution in [2.45, 2.75) is 19.1 Å². The van der Waals surface area contributed by atoms with Crippen molar-refractivity contribution in [2.75, 3.05) is 23.3 Å². The first-order valence-electron chi connectivity index (χ1n) is 5.94. The Morgan fingerprint density at radius 3 is 2.65 bits per heavy atom. The highest BCUT2D eigenvalue weighted by atomic mass is 79.9. The van der Waals surface area contributed by atoms with E-state index in [1.165, 1.54) is 11.0 Å². The monoisotopic (exact) mass is 351 g/mol. The number of rotatable bonds is 3. The SMILES string of the molecule is CCN(CC(F)(F)F)c1cc2c(cc1Br)C(N)C(=O)N2. The highest BCUT2D eigenvalue weighted by molar-refractivity contribution is 9.10. The average molecular weight is 352 g/mol. The molecule has 0 aromatic heterocycles. The predicted molar refractivity (Wildman–Crippen MR) is 73.6 cm³/mol. The lowest BCUT2D eigenvalue weighted by molar-refractivity contribution is -0.119. The molecule has 0 spiro atoms. The Balaban J connectivity index is 2.38. The van der Waals surface area contributed by atoms with Crippen LogP contribution in [0, 0.1) is 0 Å². The molecule has 8 heteroatoms. The number of alkyl halides is 3. The summed E-state index contributed by atoms with van der Waals surface area (Å²) in [6.07, 6.45) is -4.30. The van der Waals surface area contributed by atoms with E-state index in [0.717, 1.165) is 0 Å². The summed E-state index contributed by atoms with van der Waals surface area (Å²) < 4.78 is 38.2. The fourth-order valence-electron chi connectivity index (χ4n) is 2.12. The van der Waals surface area contributed by atoms with Crippen LogP contribution in [0.15, 0.2) is 16.6 Å². The number of hydrogen-bond acceptors (Lipinski definition) is 3. The van der Waals surface area contributed by atoms with E-state index >= 15 is 0 Å². The number of halogens is 4. The van der Waals surface area contributed by atoms with Crippen molar-refractivity contribution >= 4 is 33.2 Å². The third-order valence-electron chi connectivity index (χ3n) is 3.09. The zero-order chi connectivity index (χ0) is 15.1. The van der Waals surface area contributed by atoms with Crippen molar-refractivity contribution in [3.05, 3.63) is 22.2 Å². The maximum Gasteiger partial charge on any atom is 0.405 e. The van der Waals surface area contributed by atoms with Crippen LogP contribution in [0.1, 0.15) is 18.5 Å². The molecule has 1 aliphatic rings. The molecule has 0 radical (unpaired) electrons. The molecule has 1 aliphatic heterocycles. The zero-order valence-electron chi connectivity index (χ0n) is 10.6. The van der Waals surface area contributed by atoms with Gasteiger partial charge in [-0.05, 0) is 35.0 Å². The van der Waals surface area contributed by atoms with Gasteiger partial charge in [-0.3, -0.25) is 4.79 Å². The second-order valence-corrected chi connectivity index (χ2v) is 5.34. The molecule has 3 N–H and O–H groups in total. The van der Waals surface area contributed by atoms with Crippen LogP contribution in [0.25, 0.3) is 0 Å². The van der Waals surface area contributed by atoms with Crippen molar-refractivity contribution in [1.29, 1.82) is 0 Å². The van der Waals surface area contributed by atoms with E-state index in [0.29, 0.717) is 21.4 Å². The van der Waals surface area contributed by atoms with Gasteiger partial charge in [-0.15, -0.1) is 0 Å². The summed E-state index contributed by atoms with van der Waals surface area (Å²) in [5.74, 6) is -0.358. The molecule has 0 aliphatic carbocycles. The quantitative estimate of drug-likeness (QED) is 0.880. The molecule has 1 amide bonds. The molecule has 1 unspecified atom stereocenters. The number of nitrogens with zero attached hydrogens (tertiary/aromatic N) is 1. The molecular formula is C12H13BrF3N3O. The summed E-state index contributed by atoms with van der Waals surface area (Å²) in [5.41, 5.74) is 7.10.